The zero-order chi connectivity index (χ0) is 20.8. The molecular formula is C20H11ClN4O4S. The molecule has 3 heterocycles. The minimum Gasteiger partial charge on any atom is -0.422 e. The van der Waals surface area contributed by atoms with Crippen molar-refractivity contribution in [3.63, 3.8) is 0 Å². The molecule has 2 aromatic carbocycles. The second-order valence-corrected chi connectivity index (χ2v) is 7.85. The van der Waals surface area contributed by atoms with E-state index in [2.05, 4.69) is 15.3 Å². The third kappa shape index (κ3) is 3.08. The topological polar surface area (TPSA) is 110 Å². The summed E-state index contributed by atoms with van der Waals surface area (Å²) in [6.07, 6.45) is 0. The van der Waals surface area contributed by atoms with Crippen LogP contribution in [-0.2, 0) is 0 Å². The van der Waals surface area contributed by atoms with Crippen molar-refractivity contribution in [3.05, 3.63) is 90.2 Å². The highest BCUT2D eigenvalue weighted by Gasteiger charge is 2.20. The fourth-order valence-corrected chi connectivity index (χ4v) is 4.18. The highest BCUT2D eigenvalue weighted by atomic mass is 35.5. The summed E-state index contributed by atoms with van der Waals surface area (Å²) in [6.45, 7) is 0. The second kappa shape index (κ2) is 7.12. The highest BCUT2D eigenvalue weighted by Crippen LogP contribution is 2.21. The fraction of sp³-hybridized carbons (Fsp3) is 0.0500. The average Bonchev–Trinajstić information content (AvgIpc) is 2.76. The number of thioether (sulfide) groups is 1. The molecule has 148 valence electrons. The average molecular weight is 439 g/mol. The van der Waals surface area contributed by atoms with Crippen molar-refractivity contribution in [3.8, 4) is 0 Å². The molecular weight excluding hydrogens is 428 g/mol. The van der Waals surface area contributed by atoms with E-state index in [0.717, 1.165) is 4.68 Å². The van der Waals surface area contributed by atoms with Gasteiger partial charge in [-0.3, -0.25) is 14.7 Å². The molecule has 0 unspecified atom stereocenters. The molecule has 0 saturated heterocycles. The number of hydrogen-bond donors (Lipinski definition) is 1. The second-order valence-electron chi connectivity index (χ2n) is 6.47. The molecule has 1 N–H and O–H groups in total. The Morgan fingerprint density at radius 1 is 1.03 bits per heavy atom. The van der Waals surface area contributed by atoms with Gasteiger partial charge < -0.3 is 4.42 Å². The number of H-pyrrole nitrogens is 1. The maximum absolute atomic E-state index is 12.7. The molecule has 0 atom stereocenters. The summed E-state index contributed by atoms with van der Waals surface area (Å²) in [5.41, 5.74) is -0.277. The van der Waals surface area contributed by atoms with Crippen LogP contribution in [0.15, 0.2) is 77.5 Å². The molecule has 4 aromatic rings. The molecule has 0 spiro atoms. The van der Waals surface area contributed by atoms with Gasteiger partial charge in [-0.1, -0.05) is 35.5 Å². The van der Waals surface area contributed by atoms with E-state index in [-0.39, 0.29) is 21.9 Å². The Bertz CT molecular complexity index is 1580. The molecule has 2 aromatic heterocycles. The molecule has 10 heteroatoms. The first-order valence-electron chi connectivity index (χ1n) is 8.77. The van der Waals surface area contributed by atoms with Gasteiger partial charge in [0.15, 0.2) is 0 Å². The van der Waals surface area contributed by atoms with Crippen LogP contribution in [0, 0.1) is 0 Å². The lowest BCUT2D eigenvalue weighted by Crippen LogP contribution is -2.35. The lowest BCUT2D eigenvalue weighted by molar-refractivity contribution is 0.559. The zero-order valence-corrected chi connectivity index (χ0v) is 16.7. The van der Waals surface area contributed by atoms with Crippen molar-refractivity contribution in [2.75, 3.05) is 5.75 Å². The summed E-state index contributed by atoms with van der Waals surface area (Å²) >= 11 is 7.19. The number of nitrogens with one attached hydrogen (secondary N) is 1. The Labute approximate surface area is 176 Å². The largest absolute Gasteiger partial charge is 0.422 e. The van der Waals surface area contributed by atoms with Crippen molar-refractivity contribution in [1.29, 1.82) is 0 Å². The van der Waals surface area contributed by atoms with E-state index in [1.165, 1.54) is 11.8 Å². The summed E-state index contributed by atoms with van der Waals surface area (Å²) < 4.78 is 6.41. The third-order valence-corrected chi connectivity index (χ3v) is 5.78. The molecule has 0 radical (unpaired) electrons. The Hall–Kier alpha value is -3.43. The van der Waals surface area contributed by atoms with Gasteiger partial charge in [0.25, 0.3) is 11.1 Å². The first-order chi connectivity index (χ1) is 14.5. The number of nitrogens with zero attached hydrogens (tertiary/aromatic N) is 3. The minimum atomic E-state index is -0.542. The summed E-state index contributed by atoms with van der Waals surface area (Å²) in [7, 11) is 0. The Kier molecular flexibility index (Phi) is 4.41. The number of rotatable bonds is 1. The van der Waals surface area contributed by atoms with Crippen LogP contribution < -0.4 is 16.7 Å². The van der Waals surface area contributed by atoms with E-state index < -0.39 is 16.7 Å². The van der Waals surface area contributed by atoms with Crippen LogP contribution in [-0.4, -0.2) is 26.4 Å². The van der Waals surface area contributed by atoms with Gasteiger partial charge in [0.1, 0.15) is 5.58 Å². The SMILES string of the molecule is O=c1oc2ccc(Cl)cc2cc1C1=NN=C(n2[nH]c(=O)c3ccccc3c2=O)SC1. The number of halogens is 1. The molecule has 0 fully saturated rings. The third-order valence-electron chi connectivity index (χ3n) is 4.61. The van der Waals surface area contributed by atoms with Crippen LogP contribution in [0.3, 0.4) is 0 Å². The first-order valence-corrected chi connectivity index (χ1v) is 10.1. The number of hydrogen-bond acceptors (Lipinski definition) is 7. The van der Waals surface area contributed by atoms with E-state index in [0.29, 0.717) is 27.1 Å². The quantitative estimate of drug-likeness (QED) is 0.459. The van der Waals surface area contributed by atoms with Crippen LogP contribution in [0.1, 0.15) is 5.56 Å². The van der Waals surface area contributed by atoms with E-state index in [9.17, 15) is 14.4 Å². The van der Waals surface area contributed by atoms with Crippen LogP contribution in [0.5, 0.6) is 0 Å². The van der Waals surface area contributed by atoms with Gasteiger partial charge >= 0.3 is 5.63 Å². The van der Waals surface area contributed by atoms with Gasteiger partial charge in [0.05, 0.1) is 22.0 Å². The molecule has 8 nitrogen and oxygen atoms in total. The van der Waals surface area contributed by atoms with Crippen LogP contribution in [0.25, 0.3) is 21.7 Å². The standard InChI is InChI=1S/C20H11ClN4O4S/c21-11-5-6-16-10(7-11)8-14(19(28)29-16)15-9-30-20(23-22-15)25-18(27)13-4-2-1-3-12(13)17(26)24-25/h1-8H,9H2,(H,24,26). The normalized spacial score (nSPS) is 14.0. The minimum absolute atomic E-state index is 0.208. The molecule has 30 heavy (non-hydrogen) atoms. The molecule has 0 aliphatic carbocycles. The molecule has 0 saturated carbocycles. The van der Waals surface area contributed by atoms with Crippen LogP contribution in [0.4, 0.5) is 0 Å². The number of benzene rings is 2. The fourth-order valence-electron chi connectivity index (χ4n) is 3.17. The van der Waals surface area contributed by atoms with Crippen molar-refractivity contribution in [1.82, 2.24) is 9.78 Å². The van der Waals surface area contributed by atoms with Gasteiger partial charge in [-0.2, -0.15) is 9.78 Å². The summed E-state index contributed by atoms with van der Waals surface area (Å²) in [6, 6.07) is 13.1. The molecule has 5 rings (SSSR count). The molecule has 0 bridgehead atoms. The highest BCUT2D eigenvalue weighted by molar-refractivity contribution is 8.14. The van der Waals surface area contributed by atoms with Gasteiger partial charge in [-0.15, -0.1) is 5.10 Å². The molecule has 1 aliphatic heterocycles. The lowest BCUT2D eigenvalue weighted by atomic mass is 10.1. The monoisotopic (exact) mass is 438 g/mol. The molecule has 0 amide bonds. The van der Waals surface area contributed by atoms with Gasteiger partial charge in [-0.25, -0.2) is 4.79 Å². The van der Waals surface area contributed by atoms with E-state index in [4.69, 9.17) is 16.0 Å². The van der Waals surface area contributed by atoms with Gasteiger partial charge in [0, 0.05) is 16.2 Å². The number of fused-ring (bicyclic) bond motifs is 2. The number of aromatic amines is 1. The smallest absolute Gasteiger partial charge is 0.345 e. The summed E-state index contributed by atoms with van der Waals surface area (Å²) in [5, 5.41) is 12.7. The Morgan fingerprint density at radius 2 is 1.83 bits per heavy atom. The van der Waals surface area contributed by atoms with Gasteiger partial charge in [-0.05, 0) is 36.4 Å². The maximum Gasteiger partial charge on any atom is 0.345 e. The number of aromatic nitrogens is 2. The van der Waals surface area contributed by atoms with Crippen molar-refractivity contribution < 1.29 is 4.42 Å². The van der Waals surface area contributed by atoms with Crippen LogP contribution in [0.2, 0.25) is 5.02 Å². The predicted octanol–water partition coefficient (Wildman–Crippen LogP) is 2.80. The first kappa shape index (κ1) is 18.6. The zero-order valence-electron chi connectivity index (χ0n) is 15.1. The van der Waals surface area contributed by atoms with Crippen molar-refractivity contribution in [2.45, 2.75) is 0 Å². The van der Waals surface area contributed by atoms with Gasteiger partial charge in [0.2, 0.25) is 5.17 Å². The maximum atomic E-state index is 12.7. The van der Waals surface area contributed by atoms with E-state index >= 15 is 0 Å². The van der Waals surface area contributed by atoms with E-state index in [1.54, 1.807) is 48.5 Å². The predicted molar refractivity (Wildman–Crippen MR) is 118 cm³/mol. The van der Waals surface area contributed by atoms with Crippen LogP contribution >= 0.6 is 23.4 Å². The van der Waals surface area contributed by atoms with Crippen molar-refractivity contribution >= 4 is 56.0 Å². The van der Waals surface area contributed by atoms with Crippen molar-refractivity contribution in [2.24, 2.45) is 10.2 Å². The lowest BCUT2D eigenvalue weighted by Gasteiger charge is -2.13. The Morgan fingerprint density at radius 3 is 2.60 bits per heavy atom. The Balaban J connectivity index is 1.60. The van der Waals surface area contributed by atoms with E-state index in [1.807, 2.05) is 0 Å². The summed E-state index contributed by atoms with van der Waals surface area (Å²) in [4.78, 5) is 37.4. The summed E-state index contributed by atoms with van der Waals surface area (Å²) in [5.74, 6) is 0.261. The molecule has 1 aliphatic rings.